The maximum absolute atomic E-state index is 13.0. The number of carbonyl (C=O) groups is 2. The van der Waals surface area contributed by atoms with E-state index in [1.54, 1.807) is 0 Å². The van der Waals surface area contributed by atoms with Crippen molar-refractivity contribution < 1.29 is 14.7 Å². The van der Waals surface area contributed by atoms with Crippen LogP contribution >= 0.6 is 11.8 Å². The lowest BCUT2D eigenvalue weighted by Crippen LogP contribution is -2.48. The maximum atomic E-state index is 13.0. The highest BCUT2D eigenvalue weighted by Crippen LogP contribution is 2.26. The van der Waals surface area contributed by atoms with Crippen molar-refractivity contribution in [3.8, 4) is 0 Å². The molecule has 3 rings (SSSR count). The van der Waals surface area contributed by atoms with Gasteiger partial charge in [-0.2, -0.15) is 0 Å². The van der Waals surface area contributed by atoms with Crippen molar-refractivity contribution in [1.29, 1.82) is 0 Å². The third-order valence-corrected chi connectivity index (χ3v) is 5.68. The number of benzene rings is 1. The molecule has 0 aliphatic carbocycles. The number of carbonyl (C=O) groups excluding carboxylic acids is 1. The van der Waals surface area contributed by atoms with Gasteiger partial charge >= 0.3 is 5.97 Å². The van der Waals surface area contributed by atoms with Crippen LogP contribution in [-0.2, 0) is 16.1 Å². The first-order chi connectivity index (χ1) is 12.0. The summed E-state index contributed by atoms with van der Waals surface area (Å²) < 4.78 is 1.85. The molecule has 2 aromatic rings. The predicted molar refractivity (Wildman–Crippen MR) is 97.7 cm³/mol. The molecule has 6 nitrogen and oxygen atoms in total. The lowest BCUT2D eigenvalue weighted by molar-refractivity contribution is -0.138. The molecule has 2 heterocycles. The Morgan fingerprint density at radius 3 is 2.60 bits per heavy atom. The van der Waals surface area contributed by atoms with Gasteiger partial charge < -0.3 is 14.6 Å². The van der Waals surface area contributed by atoms with Crippen LogP contribution in [0.4, 0.5) is 0 Å². The molecule has 0 radical (unpaired) electrons. The molecule has 0 saturated carbocycles. The number of para-hydroxylation sites is 2. The number of hydrogen-bond donors (Lipinski definition) is 1. The van der Waals surface area contributed by atoms with E-state index < -0.39 is 5.97 Å². The van der Waals surface area contributed by atoms with Gasteiger partial charge in [0.2, 0.25) is 5.91 Å². The third-order valence-electron chi connectivity index (χ3n) is 4.72. The number of piperidine rings is 1. The van der Waals surface area contributed by atoms with E-state index in [-0.39, 0.29) is 30.3 Å². The van der Waals surface area contributed by atoms with Crippen molar-refractivity contribution in [1.82, 2.24) is 14.5 Å². The standard InChI is InChI=1S/C18H23N3O3S/c1-12-6-5-7-13(2)21(12)16(22)10-20-15-9-4-3-8-14(15)19-18(20)25-11-17(23)24/h3-4,8-9,12-13H,5-7,10-11H2,1-2H3,(H,23,24). The van der Waals surface area contributed by atoms with Gasteiger partial charge in [0.1, 0.15) is 6.54 Å². The lowest BCUT2D eigenvalue weighted by Gasteiger charge is -2.39. The number of likely N-dealkylation sites (tertiary alicyclic amines) is 1. The van der Waals surface area contributed by atoms with Crippen molar-refractivity contribution in [3.63, 3.8) is 0 Å². The summed E-state index contributed by atoms with van der Waals surface area (Å²) in [6.45, 7) is 4.39. The van der Waals surface area contributed by atoms with Gasteiger partial charge in [-0.25, -0.2) is 4.98 Å². The summed E-state index contributed by atoms with van der Waals surface area (Å²) in [6.07, 6.45) is 3.21. The van der Waals surface area contributed by atoms with Gasteiger partial charge in [0, 0.05) is 12.1 Å². The number of hydrogen-bond acceptors (Lipinski definition) is 4. The summed E-state index contributed by atoms with van der Waals surface area (Å²) in [5.74, 6) is -0.901. The molecule has 1 aliphatic rings. The van der Waals surface area contributed by atoms with Crippen LogP contribution in [0.15, 0.2) is 29.4 Å². The van der Waals surface area contributed by atoms with Crippen molar-refractivity contribution >= 4 is 34.7 Å². The van der Waals surface area contributed by atoms with Gasteiger partial charge in [0.05, 0.1) is 16.8 Å². The second-order valence-electron chi connectivity index (χ2n) is 6.58. The largest absolute Gasteiger partial charge is 0.481 e. The number of nitrogens with zero attached hydrogens (tertiary/aromatic N) is 3. The SMILES string of the molecule is CC1CCCC(C)N1C(=O)Cn1c(SCC(=O)O)nc2ccccc21. The molecule has 2 atom stereocenters. The molecule has 2 unspecified atom stereocenters. The molecule has 134 valence electrons. The zero-order chi connectivity index (χ0) is 18.0. The maximum Gasteiger partial charge on any atom is 0.313 e. The Labute approximate surface area is 151 Å². The number of carboxylic acids is 1. The molecule has 7 heteroatoms. The minimum Gasteiger partial charge on any atom is -0.481 e. The predicted octanol–water partition coefficient (Wildman–Crippen LogP) is 3.00. The van der Waals surface area contributed by atoms with Gasteiger partial charge in [-0.1, -0.05) is 23.9 Å². The van der Waals surface area contributed by atoms with E-state index in [1.807, 2.05) is 33.7 Å². The Kier molecular flexibility index (Phi) is 5.32. The molecule has 25 heavy (non-hydrogen) atoms. The van der Waals surface area contributed by atoms with Crippen molar-refractivity contribution in [2.45, 2.75) is 56.9 Å². The first-order valence-electron chi connectivity index (χ1n) is 8.58. The quantitative estimate of drug-likeness (QED) is 0.829. The molecule has 1 aliphatic heterocycles. The molecular formula is C18H23N3O3S. The normalized spacial score (nSPS) is 20.8. The Morgan fingerprint density at radius 1 is 1.24 bits per heavy atom. The summed E-state index contributed by atoms with van der Waals surface area (Å²) in [7, 11) is 0. The Morgan fingerprint density at radius 2 is 1.92 bits per heavy atom. The molecule has 0 bridgehead atoms. The summed E-state index contributed by atoms with van der Waals surface area (Å²) in [4.78, 5) is 30.4. The molecule has 1 aromatic heterocycles. The van der Waals surface area contributed by atoms with E-state index >= 15 is 0 Å². The van der Waals surface area contributed by atoms with E-state index in [9.17, 15) is 9.59 Å². The average molecular weight is 361 g/mol. The van der Waals surface area contributed by atoms with Gasteiger partial charge in [-0.05, 0) is 45.2 Å². The summed E-state index contributed by atoms with van der Waals surface area (Å²) >= 11 is 1.15. The Hall–Kier alpha value is -2.02. The Balaban J connectivity index is 1.89. The van der Waals surface area contributed by atoms with Crippen LogP contribution < -0.4 is 0 Å². The van der Waals surface area contributed by atoms with E-state index in [4.69, 9.17) is 5.11 Å². The van der Waals surface area contributed by atoms with E-state index in [2.05, 4.69) is 18.8 Å². The smallest absolute Gasteiger partial charge is 0.313 e. The van der Waals surface area contributed by atoms with Crippen molar-refractivity contribution in [2.75, 3.05) is 5.75 Å². The monoisotopic (exact) mass is 361 g/mol. The summed E-state index contributed by atoms with van der Waals surface area (Å²) in [5.41, 5.74) is 1.64. The fourth-order valence-corrected chi connectivity index (χ4v) is 4.31. The number of thioether (sulfide) groups is 1. The van der Waals surface area contributed by atoms with Crippen LogP contribution in [0.5, 0.6) is 0 Å². The van der Waals surface area contributed by atoms with Crippen molar-refractivity contribution in [3.05, 3.63) is 24.3 Å². The number of aromatic nitrogens is 2. The molecule has 0 spiro atoms. The molecular weight excluding hydrogens is 338 g/mol. The second-order valence-corrected chi connectivity index (χ2v) is 7.52. The Bertz CT molecular complexity index is 779. The zero-order valence-electron chi connectivity index (χ0n) is 14.5. The van der Waals surface area contributed by atoms with Gasteiger partial charge in [0.15, 0.2) is 5.16 Å². The number of imidazole rings is 1. The number of amides is 1. The number of rotatable bonds is 5. The zero-order valence-corrected chi connectivity index (χ0v) is 15.3. The fourth-order valence-electron chi connectivity index (χ4n) is 3.57. The first kappa shape index (κ1) is 17.8. The molecule has 1 fully saturated rings. The first-order valence-corrected chi connectivity index (χ1v) is 9.57. The summed E-state index contributed by atoms with van der Waals surface area (Å²) in [6, 6.07) is 8.07. The third kappa shape index (κ3) is 3.81. The van der Waals surface area contributed by atoms with Gasteiger partial charge in [-0.3, -0.25) is 9.59 Å². The van der Waals surface area contributed by atoms with Crippen LogP contribution in [0.25, 0.3) is 11.0 Å². The van der Waals surface area contributed by atoms with Crippen LogP contribution in [0.2, 0.25) is 0 Å². The van der Waals surface area contributed by atoms with E-state index in [0.717, 1.165) is 42.1 Å². The number of fused-ring (bicyclic) bond motifs is 1. The van der Waals surface area contributed by atoms with Gasteiger partial charge in [-0.15, -0.1) is 0 Å². The number of carboxylic acid groups (broad SMARTS) is 1. The second kappa shape index (κ2) is 7.47. The number of aliphatic carboxylic acids is 1. The van der Waals surface area contributed by atoms with Crippen LogP contribution in [-0.4, -0.2) is 49.3 Å². The molecule has 1 amide bonds. The van der Waals surface area contributed by atoms with E-state index in [0.29, 0.717) is 5.16 Å². The topological polar surface area (TPSA) is 75.4 Å². The minimum absolute atomic E-state index is 0.0695. The fraction of sp³-hybridized carbons (Fsp3) is 0.500. The van der Waals surface area contributed by atoms with Gasteiger partial charge in [0.25, 0.3) is 0 Å². The highest BCUT2D eigenvalue weighted by molar-refractivity contribution is 7.99. The van der Waals surface area contributed by atoms with Crippen LogP contribution in [0.1, 0.15) is 33.1 Å². The van der Waals surface area contributed by atoms with Crippen LogP contribution in [0.3, 0.4) is 0 Å². The van der Waals surface area contributed by atoms with Crippen molar-refractivity contribution in [2.24, 2.45) is 0 Å². The van der Waals surface area contributed by atoms with Crippen LogP contribution in [0, 0.1) is 0 Å². The highest BCUT2D eigenvalue weighted by Gasteiger charge is 2.29. The summed E-state index contributed by atoms with van der Waals surface area (Å²) in [5, 5.41) is 9.54. The highest BCUT2D eigenvalue weighted by atomic mass is 32.2. The lowest BCUT2D eigenvalue weighted by atomic mass is 9.97. The molecule has 1 saturated heterocycles. The average Bonchev–Trinajstić information content (AvgIpc) is 2.90. The molecule has 1 aromatic carbocycles. The minimum atomic E-state index is -0.895. The molecule has 1 N–H and O–H groups in total. The van der Waals surface area contributed by atoms with E-state index in [1.165, 1.54) is 0 Å².